The van der Waals surface area contributed by atoms with Crippen molar-refractivity contribution in [3.05, 3.63) is 35.1 Å². The lowest BCUT2D eigenvalue weighted by atomic mass is 10.1. The van der Waals surface area contributed by atoms with Crippen LogP contribution < -0.4 is 5.73 Å². The second-order valence-corrected chi connectivity index (χ2v) is 4.71. The van der Waals surface area contributed by atoms with Gasteiger partial charge in [0, 0.05) is 13.1 Å². The molecule has 1 aromatic rings. The maximum atomic E-state index is 13.4. The van der Waals surface area contributed by atoms with E-state index in [4.69, 9.17) is 5.73 Å². The summed E-state index contributed by atoms with van der Waals surface area (Å²) >= 11 is 0. The molecule has 0 aromatic heterocycles. The minimum absolute atomic E-state index is 0.105. The Kier molecular flexibility index (Phi) is 3.56. The van der Waals surface area contributed by atoms with E-state index in [1.54, 1.807) is 13.0 Å². The molecular formula is C13H19FN2. The van der Waals surface area contributed by atoms with Crippen molar-refractivity contribution in [1.82, 2.24) is 4.90 Å². The third kappa shape index (κ3) is 2.60. The largest absolute Gasteiger partial charge is 0.330 e. The second-order valence-electron chi connectivity index (χ2n) is 4.71. The van der Waals surface area contributed by atoms with Gasteiger partial charge in [-0.05, 0) is 49.5 Å². The molecule has 0 saturated carbocycles. The molecule has 0 bridgehead atoms. The lowest BCUT2D eigenvalue weighted by molar-refractivity contribution is 0.317. The third-order valence-electron chi connectivity index (χ3n) is 3.35. The van der Waals surface area contributed by atoms with E-state index in [1.807, 2.05) is 12.1 Å². The quantitative estimate of drug-likeness (QED) is 0.846. The van der Waals surface area contributed by atoms with Gasteiger partial charge in [0.25, 0.3) is 0 Å². The van der Waals surface area contributed by atoms with E-state index in [-0.39, 0.29) is 5.82 Å². The van der Waals surface area contributed by atoms with Crippen molar-refractivity contribution in [2.24, 2.45) is 11.7 Å². The Labute approximate surface area is 96.2 Å². The van der Waals surface area contributed by atoms with Gasteiger partial charge < -0.3 is 5.73 Å². The highest BCUT2D eigenvalue weighted by molar-refractivity contribution is 5.23. The number of benzene rings is 1. The summed E-state index contributed by atoms with van der Waals surface area (Å²) < 4.78 is 13.4. The zero-order chi connectivity index (χ0) is 11.5. The van der Waals surface area contributed by atoms with E-state index >= 15 is 0 Å². The van der Waals surface area contributed by atoms with Crippen LogP contribution in [-0.2, 0) is 6.54 Å². The molecule has 2 nitrogen and oxygen atoms in total. The molecular weight excluding hydrogens is 203 g/mol. The van der Waals surface area contributed by atoms with Gasteiger partial charge in [-0.25, -0.2) is 4.39 Å². The first-order chi connectivity index (χ1) is 7.69. The van der Waals surface area contributed by atoms with Crippen LogP contribution in [0.5, 0.6) is 0 Å². The maximum Gasteiger partial charge on any atom is 0.126 e. The van der Waals surface area contributed by atoms with Crippen LogP contribution in [0.1, 0.15) is 17.5 Å². The molecule has 1 heterocycles. The van der Waals surface area contributed by atoms with Crippen molar-refractivity contribution in [2.45, 2.75) is 19.9 Å². The van der Waals surface area contributed by atoms with E-state index in [0.717, 1.165) is 31.7 Å². The molecule has 1 unspecified atom stereocenters. The van der Waals surface area contributed by atoms with Crippen LogP contribution >= 0.6 is 0 Å². The van der Waals surface area contributed by atoms with Gasteiger partial charge >= 0.3 is 0 Å². The van der Waals surface area contributed by atoms with Gasteiger partial charge in [-0.2, -0.15) is 0 Å². The standard InChI is InChI=1S/C13H19FN2/c1-10-2-3-11(6-13(10)14)8-16-5-4-12(7-15)9-16/h2-3,6,12H,4-5,7-9,15H2,1H3. The van der Waals surface area contributed by atoms with Crippen LogP contribution in [0.15, 0.2) is 18.2 Å². The molecule has 0 spiro atoms. The number of nitrogens with zero attached hydrogens (tertiary/aromatic N) is 1. The molecule has 3 heteroatoms. The van der Waals surface area contributed by atoms with E-state index in [0.29, 0.717) is 11.5 Å². The Balaban J connectivity index is 1.97. The van der Waals surface area contributed by atoms with Crippen LogP contribution in [0.2, 0.25) is 0 Å². The minimum atomic E-state index is -0.105. The number of hydrogen-bond acceptors (Lipinski definition) is 2. The molecule has 0 aliphatic carbocycles. The summed E-state index contributed by atoms with van der Waals surface area (Å²) in [4.78, 5) is 2.35. The van der Waals surface area contributed by atoms with E-state index in [2.05, 4.69) is 4.90 Å². The van der Waals surface area contributed by atoms with Crippen LogP contribution in [0.25, 0.3) is 0 Å². The monoisotopic (exact) mass is 222 g/mol. The van der Waals surface area contributed by atoms with Gasteiger partial charge in [-0.3, -0.25) is 4.90 Å². The van der Waals surface area contributed by atoms with Crippen LogP contribution in [0, 0.1) is 18.7 Å². The molecule has 1 aliphatic rings. The average molecular weight is 222 g/mol. The van der Waals surface area contributed by atoms with Crippen LogP contribution in [-0.4, -0.2) is 24.5 Å². The molecule has 2 rings (SSSR count). The Morgan fingerprint density at radius 2 is 2.31 bits per heavy atom. The fourth-order valence-electron chi connectivity index (χ4n) is 2.24. The van der Waals surface area contributed by atoms with Crippen LogP contribution in [0.3, 0.4) is 0 Å². The number of hydrogen-bond donors (Lipinski definition) is 1. The molecule has 1 fully saturated rings. The van der Waals surface area contributed by atoms with Crippen molar-refractivity contribution in [1.29, 1.82) is 0 Å². The Morgan fingerprint density at radius 3 is 2.94 bits per heavy atom. The Hall–Kier alpha value is -0.930. The first kappa shape index (κ1) is 11.6. The number of halogens is 1. The predicted molar refractivity (Wildman–Crippen MR) is 63.6 cm³/mol. The lowest BCUT2D eigenvalue weighted by Crippen LogP contribution is -2.22. The topological polar surface area (TPSA) is 29.3 Å². The molecule has 0 amide bonds. The highest BCUT2D eigenvalue weighted by Gasteiger charge is 2.20. The van der Waals surface area contributed by atoms with E-state index in [1.165, 1.54) is 6.42 Å². The van der Waals surface area contributed by atoms with Gasteiger partial charge in [0.1, 0.15) is 5.82 Å². The molecule has 16 heavy (non-hydrogen) atoms. The average Bonchev–Trinajstić information content (AvgIpc) is 2.71. The summed E-state index contributed by atoms with van der Waals surface area (Å²) in [6.45, 7) is 5.52. The van der Waals surface area contributed by atoms with Gasteiger partial charge in [0.05, 0.1) is 0 Å². The number of rotatable bonds is 3. The van der Waals surface area contributed by atoms with Crippen molar-refractivity contribution in [3.63, 3.8) is 0 Å². The number of likely N-dealkylation sites (tertiary alicyclic amines) is 1. The van der Waals surface area contributed by atoms with Crippen molar-refractivity contribution in [2.75, 3.05) is 19.6 Å². The highest BCUT2D eigenvalue weighted by atomic mass is 19.1. The fourth-order valence-corrected chi connectivity index (χ4v) is 2.24. The molecule has 0 radical (unpaired) electrons. The SMILES string of the molecule is Cc1ccc(CN2CCC(CN)C2)cc1F. The normalized spacial score (nSPS) is 21.6. The lowest BCUT2D eigenvalue weighted by Gasteiger charge is -2.15. The summed E-state index contributed by atoms with van der Waals surface area (Å²) in [7, 11) is 0. The van der Waals surface area contributed by atoms with Crippen molar-refractivity contribution >= 4 is 0 Å². The zero-order valence-corrected chi connectivity index (χ0v) is 9.75. The summed E-state index contributed by atoms with van der Waals surface area (Å²) in [6.07, 6.45) is 1.17. The Morgan fingerprint density at radius 1 is 1.50 bits per heavy atom. The van der Waals surface area contributed by atoms with Gasteiger partial charge in [-0.1, -0.05) is 12.1 Å². The predicted octanol–water partition coefficient (Wildman–Crippen LogP) is 1.91. The highest BCUT2D eigenvalue weighted by Crippen LogP contribution is 2.18. The zero-order valence-electron chi connectivity index (χ0n) is 9.75. The molecule has 1 aromatic carbocycles. The first-order valence-electron chi connectivity index (χ1n) is 5.86. The Bertz CT molecular complexity index is 365. The molecule has 1 saturated heterocycles. The van der Waals surface area contributed by atoms with Gasteiger partial charge in [0.2, 0.25) is 0 Å². The summed E-state index contributed by atoms with van der Waals surface area (Å²) in [5, 5.41) is 0. The molecule has 88 valence electrons. The first-order valence-corrected chi connectivity index (χ1v) is 5.86. The van der Waals surface area contributed by atoms with Crippen molar-refractivity contribution < 1.29 is 4.39 Å². The molecule has 2 N–H and O–H groups in total. The maximum absolute atomic E-state index is 13.4. The number of nitrogens with two attached hydrogens (primary N) is 1. The van der Waals surface area contributed by atoms with Crippen LogP contribution in [0.4, 0.5) is 4.39 Å². The van der Waals surface area contributed by atoms with Gasteiger partial charge in [0.15, 0.2) is 0 Å². The van der Waals surface area contributed by atoms with Crippen molar-refractivity contribution in [3.8, 4) is 0 Å². The molecule has 1 atom stereocenters. The summed E-state index contributed by atoms with van der Waals surface area (Å²) in [6, 6.07) is 5.50. The van der Waals surface area contributed by atoms with E-state index < -0.39 is 0 Å². The fraction of sp³-hybridized carbons (Fsp3) is 0.538. The summed E-state index contributed by atoms with van der Waals surface area (Å²) in [5.41, 5.74) is 7.42. The minimum Gasteiger partial charge on any atom is -0.330 e. The van der Waals surface area contributed by atoms with E-state index in [9.17, 15) is 4.39 Å². The summed E-state index contributed by atoms with van der Waals surface area (Å²) in [5.74, 6) is 0.516. The number of aryl methyl sites for hydroxylation is 1. The van der Waals surface area contributed by atoms with Gasteiger partial charge in [-0.15, -0.1) is 0 Å². The second kappa shape index (κ2) is 4.93. The smallest absolute Gasteiger partial charge is 0.126 e. The molecule has 1 aliphatic heterocycles. The third-order valence-corrected chi connectivity index (χ3v) is 3.35.